The lowest BCUT2D eigenvalue weighted by Gasteiger charge is -2.04. The molecule has 0 aliphatic carbocycles. The van der Waals surface area contributed by atoms with Gasteiger partial charge in [-0.15, -0.1) is 0 Å². The summed E-state index contributed by atoms with van der Waals surface area (Å²) in [6, 6.07) is 0. The lowest BCUT2D eigenvalue weighted by Crippen LogP contribution is -2.04. The van der Waals surface area contributed by atoms with Gasteiger partial charge in [0.1, 0.15) is 0 Å². The van der Waals surface area contributed by atoms with E-state index in [0.717, 1.165) is 0 Å². The Morgan fingerprint density at radius 2 is 1.82 bits per heavy atom. The third-order valence-electron chi connectivity index (χ3n) is 1.17. The first-order valence-corrected chi connectivity index (χ1v) is 3.09. The molecule has 0 rings (SSSR count). The molecule has 0 radical (unpaired) electrons. The lowest BCUT2D eigenvalue weighted by atomic mass is 10.2. The molecule has 0 aromatic heterocycles. The van der Waals surface area contributed by atoms with Crippen LogP contribution in [-0.4, -0.2) is 20.2 Å². The molecule has 0 spiro atoms. The van der Waals surface area contributed by atoms with Crippen molar-refractivity contribution in [2.45, 2.75) is 6.42 Å². The van der Waals surface area contributed by atoms with E-state index >= 15 is 0 Å². The van der Waals surface area contributed by atoms with Crippen molar-refractivity contribution in [2.75, 3.05) is 14.2 Å². The number of hydrogen-bond donors (Lipinski definition) is 0. The predicted molar refractivity (Wildman–Crippen MR) is 41.9 cm³/mol. The van der Waals surface area contributed by atoms with Gasteiger partial charge in [0.25, 0.3) is 0 Å². The van der Waals surface area contributed by atoms with Gasteiger partial charge in [-0.3, -0.25) is 0 Å². The number of carbonyl (C=O) groups excluding carboxylic acids is 1. The Balaban J connectivity index is 3.88. The smallest absolute Gasteiger partial charge is 0.333 e. The Morgan fingerprint density at radius 3 is 2.18 bits per heavy atom. The van der Waals surface area contributed by atoms with Crippen LogP contribution in [0, 0.1) is 0 Å². The average Bonchev–Trinajstić information content (AvgIpc) is 2.02. The maximum atomic E-state index is 10.7. The van der Waals surface area contributed by atoms with Crippen LogP contribution in [0.25, 0.3) is 0 Å². The first kappa shape index (κ1) is 9.75. The van der Waals surface area contributed by atoms with Gasteiger partial charge in [-0.25, -0.2) is 4.79 Å². The van der Waals surface area contributed by atoms with Crippen molar-refractivity contribution >= 4 is 5.97 Å². The van der Waals surface area contributed by atoms with Gasteiger partial charge in [-0.05, 0) is 0 Å². The van der Waals surface area contributed by atoms with E-state index in [0.29, 0.717) is 17.8 Å². The van der Waals surface area contributed by atoms with Crippen LogP contribution < -0.4 is 0 Å². The van der Waals surface area contributed by atoms with Crippen LogP contribution in [0.4, 0.5) is 0 Å². The molecule has 0 bridgehead atoms. The van der Waals surface area contributed by atoms with Crippen molar-refractivity contribution in [3.63, 3.8) is 0 Å². The van der Waals surface area contributed by atoms with E-state index in [1.807, 2.05) is 0 Å². The van der Waals surface area contributed by atoms with Gasteiger partial charge in [0.15, 0.2) is 0 Å². The third-order valence-corrected chi connectivity index (χ3v) is 1.17. The summed E-state index contributed by atoms with van der Waals surface area (Å²) in [5.41, 5.74) is 0.347. The summed E-state index contributed by atoms with van der Waals surface area (Å²) >= 11 is 0. The number of rotatable bonds is 4. The van der Waals surface area contributed by atoms with Gasteiger partial charge < -0.3 is 9.47 Å². The van der Waals surface area contributed by atoms with Gasteiger partial charge in [0.05, 0.1) is 20.0 Å². The molecule has 0 aromatic rings. The van der Waals surface area contributed by atoms with Crippen LogP contribution in [0.15, 0.2) is 24.5 Å². The summed E-state index contributed by atoms with van der Waals surface area (Å²) in [5, 5.41) is 0. The van der Waals surface area contributed by atoms with Gasteiger partial charge in [-0.1, -0.05) is 13.2 Å². The molecule has 0 saturated heterocycles. The topological polar surface area (TPSA) is 35.5 Å². The zero-order chi connectivity index (χ0) is 8.85. The molecule has 3 heteroatoms. The molecule has 3 nitrogen and oxygen atoms in total. The van der Waals surface area contributed by atoms with Gasteiger partial charge >= 0.3 is 5.97 Å². The zero-order valence-corrected chi connectivity index (χ0v) is 6.85. The molecule has 0 aliphatic rings. The van der Waals surface area contributed by atoms with Crippen LogP contribution in [-0.2, 0) is 14.3 Å². The fraction of sp³-hybridized carbons (Fsp3) is 0.375. The van der Waals surface area contributed by atoms with E-state index in [4.69, 9.17) is 4.74 Å². The number of methoxy groups -OCH3 is 2. The predicted octanol–water partition coefficient (Wildman–Crippen LogP) is 1.27. The van der Waals surface area contributed by atoms with E-state index in [1.165, 1.54) is 14.2 Å². The Labute approximate surface area is 66.3 Å². The summed E-state index contributed by atoms with van der Waals surface area (Å²) in [4.78, 5) is 10.7. The summed E-state index contributed by atoms with van der Waals surface area (Å²) in [5.74, 6) is 0.0728. The Bertz CT molecular complexity index is 182. The second kappa shape index (κ2) is 4.55. The van der Waals surface area contributed by atoms with Crippen molar-refractivity contribution < 1.29 is 14.3 Å². The molecule has 0 unspecified atom stereocenters. The average molecular weight is 156 g/mol. The summed E-state index contributed by atoms with van der Waals surface area (Å²) in [6.45, 7) is 7.04. The molecular weight excluding hydrogens is 144 g/mol. The molecule has 62 valence electrons. The number of carbonyl (C=O) groups is 1. The molecule has 0 aromatic carbocycles. The van der Waals surface area contributed by atoms with Crippen molar-refractivity contribution in [3.8, 4) is 0 Å². The number of hydrogen-bond acceptors (Lipinski definition) is 3. The Morgan fingerprint density at radius 1 is 1.27 bits per heavy atom. The van der Waals surface area contributed by atoms with E-state index in [9.17, 15) is 4.79 Å². The molecule has 0 fully saturated rings. The van der Waals surface area contributed by atoms with Gasteiger partial charge in [0, 0.05) is 12.0 Å². The second-order valence-corrected chi connectivity index (χ2v) is 2.01. The van der Waals surface area contributed by atoms with E-state index in [-0.39, 0.29) is 0 Å². The first-order valence-electron chi connectivity index (χ1n) is 3.09. The third kappa shape index (κ3) is 3.45. The standard InChI is InChI=1S/C8H12O3/c1-6(8(9)11-4)5-7(2)10-3/h1-2,5H2,3-4H3. The highest BCUT2D eigenvalue weighted by Gasteiger charge is 2.07. The quantitative estimate of drug-likeness (QED) is 0.349. The molecule has 0 N–H and O–H groups in total. The molecule has 0 saturated carbocycles. The van der Waals surface area contributed by atoms with Crippen LogP contribution in [0.2, 0.25) is 0 Å². The maximum Gasteiger partial charge on any atom is 0.333 e. The lowest BCUT2D eigenvalue weighted by molar-refractivity contribution is -0.136. The summed E-state index contributed by atoms with van der Waals surface area (Å²) < 4.78 is 9.17. The maximum absolute atomic E-state index is 10.7. The monoisotopic (exact) mass is 156 g/mol. The molecular formula is C8H12O3. The number of ether oxygens (including phenoxy) is 2. The summed E-state index contributed by atoms with van der Waals surface area (Å²) in [6.07, 6.45) is 0.323. The highest BCUT2D eigenvalue weighted by atomic mass is 16.5. The molecule has 0 atom stereocenters. The molecule has 0 aliphatic heterocycles. The molecule has 0 heterocycles. The van der Waals surface area contributed by atoms with Crippen molar-refractivity contribution in [1.82, 2.24) is 0 Å². The minimum Gasteiger partial charge on any atom is -0.501 e. The van der Waals surface area contributed by atoms with Gasteiger partial charge in [0.2, 0.25) is 0 Å². The minimum absolute atomic E-state index is 0.323. The first-order chi connectivity index (χ1) is 5.11. The minimum atomic E-state index is -0.428. The fourth-order valence-corrected chi connectivity index (χ4v) is 0.527. The van der Waals surface area contributed by atoms with Crippen molar-refractivity contribution in [3.05, 3.63) is 24.5 Å². The fourth-order valence-electron chi connectivity index (χ4n) is 0.527. The Kier molecular flexibility index (Phi) is 4.03. The molecule has 11 heavy (non-hydrogen) atoms. The SMILES string of the molecule is C=C(CC(=C)C(=O)OC)OC. The largest absolute Gasteiger partial charge is 0.501 e. The number of allylic oxidation sites excluding steroid dienone is 1. The van der Waals surface area contributed by atoms with E-state index in [2.05, 4.69) is 17.9 Å². The van der Waals surface area contributed by atoms with E-state index in [1.54, 1.807) is 0 Å². The van der Waals surface area contributed by atoms with Crippen LogP contribution in [0.1, 0.15) is 6.42 Å². The number of esters is 1. The highest BCUT2D eigenvalue weighted by molar-refractivity contribution is 5.87. The van der Waals surface area contributed by atoms with Crippen molar-refractivity contribution in [1.29, 1.82) is 0 Å². The van der Waals surface area contributed by atoms with Crippen LogP contribution >= 0.6 is 0 Å². The van der Waals surface area contributed by atoms with Gasteiger partial charge in [-0.2, -0.15) is 0 Å². The Hall–Kier alpha value is -1.25. The molecule has 0 amide bonds. The van der Waals surface area contributed by atoms with E-state index < -0.39 is 5.97 Å². The normalized spacial score (nSPS) is 8.55. The second-order valence-electron chi connectivity index (χ2n) is 2.01. The highest BCUT2D eigenvalue weighted by Crippen LogP contribution is 2.08. The summed E-state index contributed by atoms with van der Waals surface area (Å²) in [7, 11) is 2.80. The van der Waals surface area contributed by atoms with Crippen LogP contribution in [0.5, 0.6) is 0 Å². The van der Waals surface area contributed by atoms with Crippen LogP contribution in [0.3, 0.4) is 0 Å². The zero-order valence-electron chi connectivity index (χ0n) is 6.85. The van der Waals surface area contributed by atoms with Crippen molar-refractivity contribution in [2.24, 2.45) is 0 Å².